The van der Waals surface area contributed by atoms with Crippen LogP contribution in [0.15, 0.2) is 84.0 Å². The molecule has 2 aliphatic carbocycles. The van der Waals surface area contributed by atoms with E-state index in [1.165, 1.54) is 65.9 Å². The molecule has 0 saturated carbocycles. The maximum absolute atomic E-state index is 5.78. The van der Waals surface area contributed by atoms with Crippen LogP contribution >= 0.6 is 0 Å². The Morgan fingerprint density at radius 3 is 2.20 bits per heavy atom. The quantitative estimate of drug-likeness (QED) is 0.409. The van der Waals surface area contributed by atoms with Crippen LogP contribution in [-0.2, 0) is 11.8 Å². The average molecular weight is 464 g/mol. The monoisotopic (exact) mass is 463 g/mol. The Morgan fingerprint density at radius 2 is 1.49 bits per heavy atom. The zero-order valence-electron chi connectivity index (χ0n) is 20.7. The number of allylic oxidation sites excluding steroid dienone is 3. The predicted octanol–water partition coefficient (Wildman–Crippen LogP) is 6.95. The number of ether oxygens (including phenoxy) is 2. The number of benzene rings is 3. The van der Waals surface area contributed by atoms with Crippen molar-refractivity contribution in [2.24, 2.45) is 0 Å². The van der Waals surface area contributed by atoms with Gasteiger partial charge in [0.25, 0.3) is 0 Å². The third-order valence-corrected chi connectivity index (χ3v) is 8.07. The van der Waals surface area contributed by atoms with Gasteiger partial charge in [-0.25, -0.2) is 0 Å². The van der Waals surface area contributed by atoms with E-state index in [0.717, 1.165) is 29.9 Å². The molecule has 3 heteroatoms. The summed E-state index contributed by atoms with van der Waals surface area (Å²) in [5, 5.41) is 0. The minimum absolute atomic E-state index is 0.164. The van der Waals surface area contributed by atoms with Gasteiger partial charge in [0.1, 0.15) is 0 Å². The molecule has 0 N–H and O–H groups in total. The summed E-state index contributed by atoms with van der Waals surface area (Å²) in [6, 6.07) is 24.6. The lowest BCUT2D eigenvalue weighted by atomic mass is 9.73. The Hall–Kier alpha value is -3.46. The highest BCUT2D eigenvalue weighted by atomic mass is 16.5. The summed E-state index contributed by atoms with van der Waals surface area (Å²) < 4.78 is 11.4. The molecule has 1 heterocycles. The Morgan fingerprint density at radius 1 is 0.743 bits per heavy atom. The predicted molar refractivity (Wildman–Crippen MR) is 144 cm³/mol. The summed E-state index contributed by atoms with van der Waals surface area (Å²) in [4.78, 5) is 2.54. The molecule has 1 unspecified atom stereocenters. The van der Waals surface area contributed by atoms with Crippen molar-refractivity contribution in [3.63, 3.8) is 0 Å². The van der Waals surface area contributed by atoms with Crippen LogP contribution in [-0.4, -0.2) is 27.3 Å². The van der Waals surface area contributed by atoms with E-state index >= 15 is 0 Å². The highest BCUT2D eigenvalue weighted by Crippen LogP contribution is 2.51. The fraction of sp³-hybridized carbons (Fsp3) is 0.312. The molecule has 3 aliphatic rings. The number of rotatable bonds is 5. The largest absolute Gasteiger partial charge is 0.493 e. The third-order valence-electron chi connectivity index (χ3n) is 8.07. The summed E-state index contributed by atoms with van der Waals surface area (Å²) in [5.74, 6) is 1.62. The van der Waals surface area contributed by atoms with Gasteiger partial charge in [-0.15, -0.1) is 0 Å². The number of anilines is 1. The molecule has 3 aromatic rings. The Labute approximate surface area is 208 Å². The van der Waals surface area contributed by atoms with Gasteiger partial charge in [-0.2, -0.15) is 0 Å². The Kier molecular flexibility index (Phi) is 5.64. The first-order valence-corrected chi connectivity index (χ1v) is 12.8. The highest BCUT2D eigenvalue weighted by molar-refractivity contribution is 5.76. The first kappa shape index (κ1) is 22.0. The van der Waals surface area contributed by atoms with E-state index in [1.807, 2.05) is 6.07 Å². The zero-order chi connectivity index (χ0) is 23.8. The van der Waals surface area contributed by atoms with E-state index in [4.69, 9.17) is 9.47 Å². The van der Waals surface area contributed by atoms with Crippen LogP contribution in [0, 0.1) is 0 Å². The van der Waals surface area contributed by atoms with Gasteiger partial charge in [-0.05, 0) is 84.2 Å². The topological polar surface area (TPSA) is 21.7 Å². The molecule has 0 bridgehead atoms. The van der Waals surface area contributed by atoms with Crippen molar-refractivity contribution in [3.8, 4) is 11.5 Å². The van der Waals surface area contributed by atoms with Crippen molar-refractivity contribution in [2.45, 2.75) is 37.5 Å². The lowest BCUT2D eigenvalue weighted by molar-refractivity contribution is 0.354. The molecular weight excluding hydrogens is 430 g/mol. The molecule has 1 fully saturated rings. The van der Waals surface area contributed by atoms with E-state index < -0.39 is 0 Å². The van der Waals surface area contributed by atoms with Gasteiger partial charge in [0.15, 0.2) is 11.5 Å². The van der Waals surface area contributed by atoms with E-state index in [9.17, 15) is 0 Å². The summed E-state index contributed by atoms with van der Waals surface area (Å²) in [6.07, 6.45) is 10.7. The Balaban J connectivity index is 1.43. The third kappa shape index (κ3) is 3.74. The first-order valence-electron chi connectivity index (χ1n) is 12.8. The van der Waals surface area contributed by atoms with Crippen molar-refractivity contribution in [1.82, 2.24) is 0 Å². The first-order chi connectivity index (χ1) is 17.2. The molecular formula is C32H33NO2. The number of methoxy groups -OCH3 is 2. The van der Waals surface area contributed by atoms with Crippen molar-refractivity contribution >= 4 is 11.8 Å². The van der Waals surface area contributed by atoms with Gasteiger partial charge in [0, 0.05) is 29.8 Å². The van der Waals surface area contributed by atoms with Gasteiger partial charge in [-0.1, -0.05) is 54.6 Å². The minimum Gasteiger partial charge on any atom is -0.493 e. The number of piperidine rings is 1. The number of hydrogen-bond donors (Lipinski definition) is 0. The minimum atomic E-state index is -0.164. The number of hydrogen-bond acceptors (Lipinski definition) is 3. The molecule has 6 rings (SSSR count). The van der Waals surface area contributed by atoms with Crippen LogP contribution in [0.1, 0.15) is 47.9 Å². The summed E-state index contributed by atoms with van der Waals surface area (Å²) in [7, 11) is 3.43. The standard InChI is InChI=1S/C32H33NO2/c1-34-30-16-11-23-19-24-21-32(26-9-5-3-6-10-26,22-25(24)20-29(23)31(30)35-2)27-12-14-28(15-13-27)33-17-7-4-8-18-33/h3,5-6,9-16,20-21H,4,7-8,17-19,22H2,1-2H3. The van der Waals surface area contributed by atoms with Gasteiger partial charge in [0.2, 0.25) is 0 Å². The van der Waals surface area contributed by atoms with Crippen LogP contribution < -0.4 is 14.4 Å². The summed E-state index contributed by atoms with van der Waals surface area (Å²) in [6.45, 7) is 2.34. The normalized spacial score (nSPS) is 21.0. The molecule has 3 aromatic carbocycles. The van der Waals surface area contributed by atoms with Crippen LogP contribution in [0.5, 0.6) is 11.5 Å². The molecule has 35 heavy (non-hydrogen) atoms. The lowest BCUT2D eigenvalue weighted by Gasteiger charge is -2.32. The van der Waals surface area contributed by atoms with Gasteiger partial charge in [-0.3, -0.25) is 0 Å². The smallest absolute Gasteiger partial charge is 0.168 e. The SMILES string of the molecule is COc1ccc2c(c1OC)C=C1CC(c3ccccc3)(c3ccc(N4CCCCC4)cc3)C=C1C2. The summed E-state index contributed by atoms with van der Waals surface area (Å²) in [5.41, 5.74) is 9.17. The van der Waals surface area contributed by atoms with Gasteiger partial charge in [0.05, 0.1) is 14.2 Å². The second-order valence-electron chi connectivity index (χ2n) is 10.00. The van der Waals surface area contributed by atoms with Crippen molar-refractivity contribution < 1.29 is 9.47 Å². The van der Waals surface area contributed by atoms with Crippen molar-refractivity contribution in [2.75, 3.05) is 32.2 Å². The number of nitrogens with zero attached hydrogens (tertiary/aromatic N) is 1. The van der Waals surface area contributed by atoms with E-state index in [1.54, 1.807) is 14.2 Å². The average Bonchev–Trinajstić information content (AvgIpc) is 3.32. The second-order valence-corrected chi connectivity index (χ2v) is 10.00. The van der Waals surface area contributed by atoms with Crippen LogP contribution in [0.2, 0.25) is 0 Å². The van der Waals surface area contributed by atoms with E-state index in [0.29, 0.717) is 0 Å². The number of fused-ring (bicyclic) bond motifs is 2. The van der Waals surface area contributed by atoms with Gasteiger partial charge < -0.3 is 14.4 Å². The van der Waals surface area contributed by atoms with Crippen molar-refractivity contribution in [3.05, 3.63) is 106 Å². The fourth-order valence-electron chi connectivity index (χ4n) is 6.24. The highest BCUT2D eigenvalue weighted by Gasteiger charge is 2.40. The molecule has 0 radical (unpaired) electrons. The molecule has 0 spiro atoms. The van der Waals surface area contributed by atoms with Crippen LogP contribution in [0.4, 0.5) is 5.69 Å². The van der Waals surface area contributed by atoms with Gasteiger partial charge >= 0.3 is 0 Å². The van der Waals surface area contributed by atoms with E-state index in [-0.39, 0.29) is 5.41 Å². The molecule has 1 saturated heterocycles. The van der Waals surface area contributed by atoms with E-state index in [2.05, 4.69) is 77.7 Å². The second kappa shape index (κ2) is 8.96. The fourth-order valence-corrected chi connectivity index (χ4v) is 6.24. The van der Waals surface area contributed by atoms with Crippen LogP contribution in [0.3, 0.4) is 0 Å². The van der Waals surface area contributed by atoms with Crippen molar-refractivity contribution in [1.29, 1.82) is 0 Å². The molecule has 178 valence electrons. The molecule has 0 amide bonds. The molecule has 3 nitrogen and oxygen atoms in total. The maximum Gasteiger partial charge on any atom is 0.168 e. The maximum atomic E-state index is 5.78. The molecule has 0 aromatic heterocycles. The molecule has 1 atom stereocenters. The molecule has 1 aliphatic heterocycles. The van der Waals surface area contributed by atoms with Crippen LogP contribution in [0.25, 0.3) is 6.08 Å². The summed E-state index contributed by atoms with van der Waals surface area (Å²) >= 11 is 0. The lowest BCUT2D eigenvalue weighted by Crippen LogP contribution is -2.29. The zero-order valence-corrected chi connectivity index (χ0v) is 20.7. The Bertz CT molecular complexity index is 1280.